The maximum atomic E-state index is 12.9. The van der Waals surface area contributed by atoms with Gasteiger partial charge in [0.25, 0.3) is 0 Å². The average Bonchev–Trinajstić information content (AvgIpc) is 3.04. The molecule has 146 valence electrons. The molecule has 0 saturated carbocycles. The highest BCUT2D eigenvalue weighted by atomic mass is 19.4. The monoisotopic (exact) mass is 389 g/mol. The Balaban J connectivity index is 1.89. The van der Waals surface area contributed by atoms with Gasteiger partial charge in [-0.3, -0.25) is 5.10 Å². The summed E-state index contributed by atoms with van der Waals surface area (Å²) in [5, 5.41) is 9.85. The van der Waals surface area contributed by atoms with E-state index < -0.39 is 11.7 Å². The minimum Gasteiger partial charge on any atom is -0.347 e. The first kappa shape index (κ1) is 19.3. The van der Waals surface area contributed by atoms with Gasteiger partial charge in [0.2, 0.25) is 11.9 Å². The summed E-state index contributed by atoms with van der Waals surface area (Å²) in [6, 6.07) is 6.81. The largest absolute Gasteiger partial charge is 0.416 e. The van der Waals surface area contributed by atoms with Crippen molar-refractivity contribution in [3.8, 4) is 0 Å². The molecule has 0 atom stereocenters. The molecule has 0 saturated heterocycles. The number of aromatic nitrogens is 5. The number of aromatic amines is 1. The Bertz CT molecular complexity index is 993. The van der Waals surface area contributed by atoms with Crippen LogP contribution in [0.25, 0.3) is 12.2 Å². The fraction of sp³-hybridized carbons (Fsp3) is 0.222. The number of nitrogens with one attached hydrogen (secondary N) is 2. The van der Waals surface area contributed by atoms with Crippen molar-refractivity contribution in [1.82, 2.24) is 25.1 Å². The third-order valence-electron chi connectivity index (χ3n) is 3.63. The van der Waals surface area contributed by atoms with E-state index >= 15 is 0 Å². The lowest BCUT2D eigenvalue weighted by molar-refractivity contribution is -0.137. The van der Waals surface area contributed by atoms with E-state index in [9.17, 15) is 13.2 Å². The van der Waals surface area contributed by atoms with E-state index in [4.69, 9.17) is 0 Å². The zero-order valence-corrected chi connectivity index (χ0v) is 15.4. The second kappa shape index (κ2) is 7.67. The summed E-state index contributed by atoms with van der Waals surface area (Å²) in [5.74, 6) is 1.51. The number of anilines is 3. The molecule has 0 bridgehead atoms. The van der Waals surface area contributed by atoms with Gasteiger partial charge in [-0.25, -0.2) is 0 Å². The van der Waals surface area contributed by atoms with Crippen molar-refractivity contribution in [2.45, 2.75) is 13.1 Å². The third kappa shape index (κ3) is 4.84. The Morgan fingerprint density at radius 2 is 1.86 bits per heavy atom. The van der Waals surface area contributed by atoms with E-state index in [1.165, 1.54) is 18.2 Å². The Hall–Kier alpha value is -3.43. The van der Waals surface area contributed by atoms with Gasteiger partial charge in [0.15, 0.2) is 11.6 Å². The molecule has 28 heavy (non-hydrogen) atoms. The van der Waals surface area contributed by atoms with E-state index in [0.29, 0.717) is 23.2 Å². The fourth-order valence-corrected chi connectivity index (χ4v) is 2.30. The highest BCUT2D eigenvalue weighted by Gasteiger charge is 2.30. The second-order valence-electron chi connectivity index (χ2n) is 6.23. The van der Waals surface area contributed by atoms with Gasteiger partial charge < -0.3 is 10.2 Å². The van der Waals surface area contributed by atoms with Crippen LogP contribution in [0.2, 0.25) is 0 Å². The molecule has 0 radical (unpaired) electrons. The van der Waals surface area contributed by atoms with Crippen LogP contribution in [-0.4, -0.2) is 39.2 Å². The van der Waals surface area contributed by atoms with E-state index in [1.807, 2.05) is 6.92 Å². The van der Waals surface area contributed by atoms with Gasteiger partial charge in [-0.15, -0.1) is 0 Å². The molecule has 2 heterocycles. The number of nitrogens with zero attached hydrogens (tertiary/aromatic N) is 5. The van der Waals surface area contributed by atoms with E-state index in [0.717, 1.165) is 17.8 Å². The first-order valence-electron chi connectivity index (χ1n) is 8.28. The Labute approximate surface area is 159 Å². The molecular weight excluding hydrogens is 371 g/mol. The van der Waals surface area contributed by atoms with Gasteiger partial charge in [0, 0.05) is 25.9 Å². The molecule has 2 aromatic heterocycles. The zero-order chi connectivity index (χ0) is 20.3. The molecule has 0 amide bonds. The number of hydrogen-bond donors (Lipinski definition) is 2. The minimum absolute atomic E-state index is 0.272. The van der Waals surface area contributed by atoms with Crippen LogP contribution < -0.4 is 10.2 Å². The number of H-pyrrole nitrogens is 1. The van der Waals surface area contributed by atoms with Crippen molar-refractivity contribution < 1.29 is 13.2 Å². The van der Waals surface area contributed by atoms with Gasteiger partial charge >= 0.3 is 6.18 Å². The molecular formula is C18H18F3N7. The summed E-state index contributed by atoms with van der Waals surface area (Å²) in [6.07, 6.45) is -1.34. The Morgan fingerprint density at radius 3 is 2.50 bits per heavy atom. The van der Waals surface area contributed by atoms with Crippen LogP contribution in [0.1, 0.15) is 22.6 Å². The van der Waals surface area contributed by atoms with E-state index in [1.54, 1.807) is 31.1 Å². The SMILES string of the molecule is Cc1cc(Nc2nc(/C=C/c3cccc(C(F)(F)F)c3)nc(N(C)C)n2)n[nH]1. The van der Waals surface area contributed by atoms with Gasteiger partial charge in [-0.05, 0) is 30.7 Å². The molecule has 3 aromatic rings. The quantitative estimate of drug-likeness (QED) is 0.689. The lowest BCUT2D eigenvalue weighted by Crippen LogP contribution is -2.15. The maximum absolute atomic E-state index is 12.9. The third-order valence-corrected chi connectivity index (χ3v) is 3.63. The number of halogens is 3. The van der Waals surface area contributed by atoms with Crippen molar-refractivity contribution in [2.24, 2.45) is 0 Å². The number of hydrogen-bond acceptors (Lipinski definition) is 6. The van der Waals surface area contributed by atoms with E-state index in [2.05, 4.69) is 30.5 Å². The predicted octanol–water partition coefficient (Wildman–Crippen LogP) is 3.90. The van der Waals surface area contributed by atoms with Gasteiger partial charge in [0.05, 0.1) is 5.56 Å². The fourth-order valence-electron chi connectivity index (χ4n) is 2.30. The number of alkyl halides is 3. The average molecular weight is 389 g/mol. The summed E-state index contributed by atoms with van der Waals surface area (Å²) in [7, 11) is 3.55. The summed E-state index contributed by atoms with van der Waals surface area (Å²) in [6.45, 7) is 1.86. The Kier molecular flexibility index (Phi) is 5.30. The molecule has 0 aliphatic heterocycles. The van der Waals surface area contributed by atoms with Crippen LogP contribution in [0.5, 0.6) is 0 Å². The first-order chi connectivity index (χ1) is 13.2. The van der Waals surface area contributed by atoms with Crippen molar-refractivity contribution in [3.05, 3.63) is 53.0 Å². The smallest absolute Gasteiger partial charge is 0.347 e. The second-order valence-corrected chi connectivity index (χ2v) is 6.23. The topological polar surface area (TPSA) is 82.6 Å². The van der Waals surface area contributed by atoms with Crippen LogP contribution in [0, 0.1) is 6.92 Å². The molecule has 0 fully saturated rings. The van der Waals surface area contributed by atoms with Crippen LogP contribution in [-0.2, 0) is 6.18 Å². The number of benzene rings is 1. The van der Waals surface area contributed by atoms with Crippen LogP contribution in [0.3, 0.4) is 0 Å². The molecule has 3 rings (SSSR count). The van der Waals surface area contributed by atoms with Crippen LogP contribution >= 0.6 is 0 Å². The molecule has 2 N–H and O–H groups in total. The Morgan fingerprint density at radius 1 is 1.07 bits per heavy atom. The van der Waals surface area contributed by atoms with E-state index in [-0.39, 0.29) is 5.95 Å². The molecule has 0 aliphatic carbocycles. The highest BCUT2D eigenvalue weighted by molar-refractivity contribution is 5.68. The van der Waals surface area contributed by atoms with Gasteiger partial charge in [-0.2, -0.15) is 33.2 Å². The summed E-state index contributed by atoms with van der Waals surface area (Å²) in [5.41, 5.74) is 0.545. The number of rotatable bonds is 5. The molecule has 0 spiro atoms. The van der Waals surface area contributed by atoms with Crippen molar-refractivity contribution in [3.63, 3.8) is 0 Å². The normalized spacial score (nSPS) is 11.8. The minimum atomic E-state index is -4.39. The first-order valence-corrected chi connectivity index (χ1v) is 8.28. The molecule has 0 aliphatic rings. The van der Waals surface area contributed by atoms with Crippen molar-refractivity contribution in [2.75, 3.05) is 24.3 Å². The van der Waals surface area contributed by atoms with Gasteiger partial charge in [0.1, 0.15) is 0 Å². The highest BCUT2D eigenvalue weighted by Crippen LogP contribution is 2.29. The summed E-state index contributed by atoms with van der Waals surface area (Å²) >= 11 is 0. The lowest BCUT2D eigenvalue weighted by atomic mass is 10.1. The summed E-state index contributed by atoms with van der Waals surface area (Å²) in [4.78, 5) is 14.6. The summed E-state index contributed by atoms with van der Waals surface area (Å²) < 4.78 is 38.6. The molecule has 0 unspecified atom stereocenters. The van der Waals surface area contributed by atoms with Gasteiger partial charge in [-0.1, -0.05) is 18.2 Å². The maximum Gasteiger partial charge on any atom is 0.416 e. The zero-order valence-electron chi connectivity index (χ0n) is 15.4. The number of aryl methyl sites for hydroxylation is 1. The molecule has 7 nitrogen and oxygen atoms in total. The van der Waals surface area contributed by atoms with Crippen molar-refractivity contribution in [1.29, 1.82) is 0 Å². The van der Waals surface area contributed by atoms with Crippen LogP contribution in [0.15, 0.2) is 30.3 Å². The lowest BCUT2D eigenvalue weighted by Gasteiger charge is -2.12. The predicted molar refractivity (Wildman–Crippen MR) is 101 cm³/mol. The van der Waals surface area contributed by atoms with Crippen molar-refractivity contribution >= 4 is 29.9 Å². The van der Waals surface area contributed by atoms with Crippen LogP contribution in [0.4, 0.5) is 30.9 Å². The standard InChI is InChI=1S/C18H18F3N7/c1-11-9-15(27-26-11)23-16-22-14(24-17(25-16)28(2)3)8-7-12-5-4-6-13(10-12)18(19,20)21/h4-10H,1-3H3,(H2,22,23,24,25,26,27)/b8-7+. The molecule has 10 heteroatoms. The molecule has 1 aromatic carbocycles.